The highest BCUT2D eigenvalue weighted by Crippen LogP contribution is 2.26. The molecule has 0 amide bonds. The van der Waals surface area contributed by atoms with E-state index in [1.165, 1.54) is 19.3 Å². The Morgan fingerprint density at radius 2 is 2.15 bits per heavy atom. The first-order chi connectivity index (χ1) is 9.74. The Morgan fingerprint density at radius 1 is 1.35 bits per heavy atom. The van der Waals surface area contributed by atoms with Crippen molar-refractivity contribution in [3.63, 3.8) is 0 Å². The van der Waals surface area contributed by atoms with Gasteiger partial charge in [0.1, 0.15) is 0 Å². The average Bonchev–Trinajstić information content (AvgIpc) is 2.45. The molecule has 3 unspecified atom stereocenters. The Hall–Kier alpha value is -0.420. The molecule has 2 N–H and O–H groups in total. The smallest absolute Gasteiger partial charge is 0.0897 e. The third-order valence-electron chi connectivity index (χ3n) is 3.80. The number of hydrogen-bond acceptors (Lipinski definition) is 4. The fraction of sp³-hybridized carbons (Fsp3) is 0.875. The van der Waals surface area contributed by atoms with E-state index in [-0.39, 0.29) is 0 Å². The van der Waals surface area contributed by atoms with Crippen LogP contribution in [0.4, 0.5) is 0 Å². The molecule has 0 saturated heterocycles. The van der Waals surface area contributed by atoms with Crippen molar-refractivity contribution in [3.8, 4) is 0 Å². The molecule has 1 aliphatic carbocycles. The number of rotatable bonds is 11. The molecule has 0 spiro atoms. The molecule has 4 heteroatoms. The van der Waals surface area contributed by atoms with Crippen molar-refractivity contribution in [2.75, 3.05) is 32.9 Å². The SMILES string of the molecule is C=CCCOCCNCC(O)COC1CCCCC1C. The van der Waals surface area contributed by atoms with Crippen molar-refractivity contribution in [1.82, 2.24) is 5.32 Å². The number of ether oxygens (including phenoxy) is 2. The molecule has 0 heterocycles. The zero-order valence-corrected chi connectivity index (χ0v) is 12.9. The standard InChI is InChI=1S/C16H31NO3/c1-3-4-10-19-11-9-17-12-15(18)13-20-16-8-6-5-7-14(16)2/h3,14-18H,1,4-13H2,2H3. The number of aliphatic hydroxyl groups is 1. The van der Waals surface area contributed by atoms with Crippen LogP contribution in [-0.4, -0.2) is 50.2 Å². The fourth-order valence-corrected chi connectivity index (χ4v) is 2.51. The minimum atomic E-state index is -0.433. The van der Waals surface area contributed by atoms with Crippen LogP contribution in [0.2, 0.25) is 0 Å². The van der Waals surface area contributed by atoms with Crippen LogP contribution in [0.3, 0.4) is 0 Å². The van der Waals surface area contributed by atoms with Gasteiger partial charge in [-0.3, -0.25) is 0 Å². The predicted octanol–water partition coefficient (Wildman–Crippen LogP) is 2.12. The van der Waals surface area contributed by atoms with Crippen LogP contribution in [0.15, 0.2) is 12.7 Å². The molecule has 0 aromatic rings. The molecule has 20 heavy (non-hydrogen) atoms. The van der Waals surface area contributed by atoms with Crippen molar-refractivity contribution < 1.29 is 14.6 Å². The molecule has 1 aliphatic rings. The molecule has 1 saturated carbocycles. The summed E-state index contributed by atoms with van der Waals surface area (Å²) in [5.41, 5.74) is 0. The summed E-state index contributed by atoms with van der Waals surface area (Å²) in [7, 11) is 0. The molecule has 1 rings (SSSR count). The fourth-order valence-electron chi connectivity index (χ4n) is 2.51. The Kier molecular flexibility index (Phi) is 9.93. The molecule has 1 fully saturated rings. The van der Waals surface area contributed by atoms with Gasteiger partial charge in [0, 0.05) is 13.1 Å². The molecular formula is C16H31NO3. The third-order valence-corrected chi connectivity index (χ3v) is 3.80. The summed E-state index contributed by atoms with van der Waals surface area (Å²) in [6.45, 7) is 9.02. The van der Waals surface area contributed by atoms with E-state index >= 15 is 0 Å². The van der Waals surface area contributed by atoms with Crippen LogP contribution < -0.4 is 5.32 Å². The van der Waals surface area contributed by atoms with Gasteiger partial charge in [-0.25, -0.2) is 0 Å². The van der Waals surface area contributed by atoms with Crippen molar-refractivity contribution >= 4 is 0 Å². The van der Waals surface area contributed by atoms with Crippen LogP contribution in [0.25, 0.3) is 0 Å². The monoisotopic (exact) mass is 285 g/mol. The van der Waals surface area contributed by atoms with E-state index in [2.05, 4.69) is 18.8 Å². The second-order valence-electron chi connectivity index (χ2n) is 5.68. The Labute approximate surface area is 123 Å². The van der Waals surface area contributed by atoms with Gasteiger partial charge in [-0.05, 0) is 25.2 Å². The molecule has 4 nitrogen and oxygen atoms in total. The molecule has 0 aromatic heterocycles. The van der Waals surface area contributed by atoms with Gasteiger partial charge in [0.15, 0.2) is 0 Å². The van der Waals surface area contributed by atoms with Gasteiger partial charge in [0.2, 0.25) is 0 Å². The van der Waals surface area contributed by atoms with Gasteiger partial charge in [-0.1, -0.05) is 25.8 Å². The van der Waals surface area contributed by atoms with Crippen molar-refractivity contribution in [3.05, 3.63) is 12.7 Å². The minimum Gasteiger partial charge on any atom is -0.389 e. The summed E-state index contributed by atoms with van der Waals surface area (Å²) in [6, 6.07) is 0. The highest BCUT2D eigenvalue weighted by atomic mass is 16.5. The summed E-state index contributed by atoms with van der Waals surface area (Å²) in [5, 5.41) is 13.0. The summed E-state index contributed by atoms with van der Waals surface area (Å²) in [6.07, 6.45) is 7.59. The van der Waals surface area contributed by atoms with Crippen molar-refractivity contribution in [2.45, 2.75) is 51.2 Å². The zero-order valence-electron chi connectivity index (χ0n) is 12.9. The van der Waals surface area contributed by atoms with Gasteiger partial charge < -0.3 is 19.9 Å². The molecule has 0 aromatic carbocycles. The van der Waals surface area contributed by atoms with E-state index in [4.69, 9.17) is 9.47 Å². The first-order valence-electron chi connectivity index (χ1n) is 7.93. The first-order valence-corrected chi connectivity index (χ1v) is 7.93. The van der Waals surface area contributed by atoms with Crippen molar-refractivity contribution in [2.24, 2.45) is 5.92 Å². The van der Waals surface area contributed by atoms with E-state index in [9.17, 15) is 5.11 Å². The zero-order chi connectivity index (χ0) is 14.6. The maximum Gasteiger partial charge on any atom is 0.0897 e. The van der Waals surface area contributed by atoms with Crippen LogP contribution in [0.1, 0.15) is 39.0 Å². The van der Waals surface area contributed by atoms with Crippen molar-refractivity contribution in [1.29, 1.82) is 0 Å². The van der Waals surface area contributed by atoms with E-state index < -0.39 is 6.10 Å². The van der Waals surface area contributed by atoms with Crippen LogP contribution in [0, 0.1) is 5.92 Å². The predicted molar refractivity (Wildman–Crippen MR) is 81.9 cm³/mol. The molecule has 0 aliphatic heterocycles. The lowest BCUT2D eigenvalue weighted by atomic mass is 9.88. The van der Waals surface area contributed by atoms with Crippen LogP contribution in [-0.2, 0) is 9.47 Å². The summed E-state index contributed by atoms with van der Waals surface area (Å²) in [4.78, 5) is 0. The summed E-state index contributed by atoms with van der Waals surface area (Å²) >= 11 is 0. The number of aliphatic hydroxyl groups excluding tert-OH is 1. The highest BCUT2D eigenvalue weighted by molar-refractivity contribution is 4.73. The topological polar surface area (TPSA) is 50.7 Å². The van der Waals surface area contributed by atoms with Gasteiger partial charge in [0.25, 0.3) is 0 Å². The molecular weight excluding hydrogens is 254 g/mol. The molecule has 118 valence electrons. The summed E-state index contributed by atoms with van der Waals surface area (Å²) in [5.74, 6) is 0.627. The Bertz CT molecular complexity index is 248. The largest absolute Gasteiger partial charge is 0.389 e. The normalized spacial score (nSPS) is 24.5. The molecule has 0 radical (unpaired) electrons. The number of hydrogen-bond donors (Lipinski definition) is 2. The Balaban J connectivity index is 1.94. The van der Waals surface area contributed by atoms with E-state index in [0.29, 0.717) is 31.8 Å². The van der Waals surface area contributed by atoms with Crippen LogP contribution >= 0.6 is 0 Å². The quantitative estimate of drug-likeness (QED) is 0.451. The van der Waals surface area contributed by atoms with E-state index in [0.717, 1.165) is 26.0 Å². The van der Waals surface area contributed by atoms with Gasteiger partial charge in [-0.15, -0.1) is 6.58 Å². The summed E-state index contributed by atoms with van der Waals surface area (Å²) < 4.78 is 11.2. The first kappa shape index (κ1) is 17.6. The lowest BCUT2D eigenvalue weighted by molar-refractivity contribution is -0.0453. The molecule has 3 atom stereocenters. The van der Waals surface area contributed by atoms with E-state index in [1.807, 2.05) is 6.08 Å². The van der Waals surface area contributed by atoms with Gasteiger partial charge in [-0.2, -0.15) is 0 Å². The maximum absolute atomic E-state index is 9.87. The van der Waals surface area contributed by atoms with Crippen LogP contribution in [0.5, 0.6) is 0 Å². The third kappa shape index (κ3) is 8.00. The lowest BCUT2D eigenvalue weighted by Gasteiger charge is -2.29. The van der Waals surface area contributed by atoms with Gasteiger partial charge in [0.05, 0.1) is 32.0 Å². The minimum absolute atomic E-state index is 0.334. The maximum atomic E-state index is 9.87. The van der Waals surface area contributed by atoms with Gasteiger partial charge >= 0.3 is 0 Å². The highest BCUT2D eigenvalue weighted by Gasteiger charge is 2.22. The lowest BCUT2D eigenvalue weighted by Crippen LogP contribution is -2.35. The Morgan fingerprint density at radius 3 is 2.90 bits per heavy atom. The second-order valence-corrected chi connectivity index (χ2v) is 5.68. The van der Waals surface area contributed by atoms with E-state index in [1.54, 1.807) is 0 Å². The molecule has 0 bridgehead atoms. The second kappa shape index (κ2) is 11.3. The average molecular weight is 285 g/mol. The number of nitrogens with one attached hydrogen (secondary N) is 1.